The van der Waals surface area contributed by atoms with Gasteiger partial charge in [-0.1, -0.05) is 62.7 Å². The van der Waals surface area contributed by atoms with Crippen molar-refractivity contribution >= 4 is 11.8 Å². The second kappa shape index (κ2) is 6.67. The standard InChI is InChI=1S/C19H25NS/c1-14-6-5-7-17(12-14)21-13-18(20)15-8-10-16(11-9-15)19(2,3)4/h5-12,18H,13,20H2,1-4H3. The molecule has 2 N–H and O–H groups in total. The Morgan fingerprint density at radius 2 is 1.71 bits per heavy atom. The molecule has 2 rings (SSSR count). The second-order valence-electron chi connectivity index (χ2n) is 6.61. The van der Waals surface area contributed by atoms with Crippen LogP contribution in [-0.4, -0.2) is 5.75 Å². The van der Waals surface area contributed by atoms with Crippen LogP contribution in [0, 0.1) is 6.92 Å². The molecule has 0 amide bonds. The van der Waals surface area contributed by atoms with Crippen LogP contribution in [0.5, 0.6) is 0 Å². The van der Waals surface area contributed by atoms with Crippen molar-refractivity contribution in [2.75, 3.05) is 5.75 Å². The van der Waals surface area contributed by atoms with Crippen molar-refractivity contribution in [1.29, 1.82) is 0 Å². The minimum Gasteiger partial charge on any atom is -0.323 e. The van der Waals surface area contributed by atoms with Crippen molar-refractivity contribution in [3.05, 3.63) is 65.2 Å². The van der Waals surface area contributed by atoms with E-state index in [1.807, 2.05) is 11.8 Å². The molecule has 0 bridgehead atoms. The minimum atomic E-state index is 0.0736. The Morgan fingerprint density at radius 3 is 2.29 bits per heavy atom. The molecule has 0 heterocycles. The average Bonchev–Trinajstić information content (AvgIpc) is 2.44. The zero-order chi connectivity index (χ0) is 15.5. The van der Waals surface area contributed by atoms with Gasteiger partial charge < -0.3 is 5.73 Å². The lowest BCUT2D eigenvalue weighted by Crippen LogP contribution is -2.15. The molecule has 0 saturated heterocycles. The van der Waals surface area contributed by atoms with E-state index in [1.54, 1.807) is 0 Å². The van der Waals surface area contributed by atoms with Gasteiger partial charge in [0.05, 0.1) is 0 Å². The van der Waals surface area contributed by atoms with Gasteiger partial charge in [0.15, 0.2) is 0 Å². The molecule has 21 heavy (non-hydrogen) atoms. The molecule has 0 saturated carbocycles. The first kappa shape index (κ1) is 16.1. The lowest BCUT2D eigenvalue weighted by Gasteiger charge is -2.20. The zero-order valence-electron chi connectivity index (χ0n) is 13.4. The summed E-state index contributed by atoms with van der Waals surface area (Å²) in [4.78, 5) is 1.29. The monoisotopic (exact) mass is 299 g/mol. The van der Waals surface area contributed by atoms with Crippen molar-refractivity contribution in [3.63, 3.8) is 0 Å². The van der Waals surface area contributed by atoms with E-state index in [2.05, 4.69) is 76.2 Å². The molecule has 2 heteroatoms. The third-order valence-electron chi connectivity index (χ3n) is 3.62. The summed E-state index contributed by atoms with van der Waals surface area (Å²) in [6.07, 6.45) is 0. The van der Waals surface area contributed by atoms with Crippen molar-refractivity contribution in [2.24, 2.45) is 5.73 Å². The molecule has 0 aliphatic rings. The molecule has 2 aromatic carbocycles. The van der Waals surface area contributed by atoms with E-state index in [0.717, 1.165) is 5.75 Å². The molecule has 1 unspecified atom stereocenters. The largest absolute Gasteiger partial charge is 0.323 e. The molecule has 112 valence electrons. The fourth-order valence-corrected chi connectivity index (χ4v) is 3.23. The summed E-state index contributed by atoms with van der Waals surface area (Å²) in [5.41, 5.74) is 10.4. The number of thioether (sulfide) groups is 1. The zero-order valence-corrected chi connectivity index (χ0v) is 14.2. The summed E-state index contributed by atoms with van der Waals surface area (Å²) in [7, 11) is 0. The maximum atomic E-state index is 6.32. The second-order valence-corrected chi connectivity index (χ2v) is 7.70. The van der Waals surface area contributed by atoms with Crippen LogP contribution in [-0.2, 0) is 5.41 Å². The Morgan fingerprint density at radius 1 is 1.05 bits per heavy atom. The minimum absolute atomic E-state index is 0.0736. The van der Waals surface area contributed by atoms with Gasteiger partial charge in [0.25, 0.3) is 0 Å². The van der Waals surface area contributed by atoms with Crippen molar-refractivity contribution in [2.45, 2.75) is 44.0 Å². The average molecular weight is 299 g/mol. The van der Waals surface area contributed by atoms with Gasteiger partial charge in [-0.25, -0.2) is 0 Å². The van der Waals surface area contributed by atoms with E-state index >= 15 is 0 Å². The molecular formula is C19H25NS. The first-order chi connectivity index (χ1) is 9.86. The van der Waals surface area contributed by atoms with Crippen molar-refractivity contribution in [3.8, 4) is 0 Å². The number of nitrogens with two attached hydrogens (primary N) is 1. The molecule has 0 aliphatic heterocycles. The predicted molar refractivity (Wildman–Crippen MR) is 94.0 cm³/mol. The highest BCUT2D eigenvalue weighted by molar-refractivity contribution is 7.99. The van der Waals surface area contributed by atoms with Crippen LogP contribution in [0.1, 0.15) is 43.5 Å². The number of benzene rings is 2. The van der Waals surface area contributed by atoms with Crippen molar-refractivity contribution < 1.29 is 0 Å². The maximum Gasteiger partial charge on any atom is 0.0390 e. The van der Waals surface area contributed by atoms with Gasteiger partial charge in [-0.15, -0.1) is 11.8 Å². The van der Waals surface area contributed by atoms with Crippen LogP contribution in [0.3, 0.4) is 0 Å². The fourth-order valence-electron chi connectivity index (χ4n) is 2.22. The van der Waals surface area contributed by atoms with Crippen LogP contribution < -0.4 is 5.73 Å². The Hall–Kier alpha value is -1.25. The van der Waals surface area contributed by atoms with Gasteiger partial charge in [0.2, 0.25) is 0 Å². The van der Waals surface area contributed by atoms with E-state index in [1.165, 1.54) is 21.6 Å². The SMILES string of the molecule is Cc1cccc(SCC(N)c2ccc(C(C)(C)C)cc2)c1. The molecule has 0 spiro atoms. The summed E-state index contributed by atoms with van der Waals surface area (Å²) >= 11 is 1.82. The first-order valence-corrected chi connectivity index (χ1v) is 8.40. The van der Waals surface area contributed by atoms with Crippen LogP contribution in [0.2, 0.25) is 0 Å². The fraction of sp³-hybridized carbons (Fsp3) is 0.368. The molecular weight excluding hydrogens is 274 g/mol. The van der Waals surface area contributed by atoms with E-state index in [0.29, 0.717) is 0 Å². The summed E-state index contributed by atoms with van der Waals surface area (Å²) in [5, 5.41) is 0. The normalized spacial score (nSPS) is 13.2. The highest BCUT2D eigenvalue weighted by atomic mass is 32.2. The first-order valence-electron chi connectivity index (χ1n) is 7.42. The summed E-state index contributed by atoms with van der Waals surface area (Å²) < 4.78 is 0. The molecule has 2 aromatic rings. The number of hydrogen-bond acceptors (Lipinski definition) is 2. The van der Waals surface area contributed by atoms with Crippen molar-refractivity contribution in [1.82, 2.24) is 0 Å². The maximum absolute atomic E-state index is 6.32. The molecule has 0 aromatic heterocycles. The number of hydrogen-bond donors (Lipinski definition) is 1. The molecule has 0 fully saturated rings. The van der Waals surface area contributed by atoms with Gasteiger partial charge in [0.1, 0.15) is 0 Å². The van der Waals surface area contributed by atoms with Crippen LogP contribution in [0.25, 0.3) is 0 Å². The van der Waals surface area contributed by atoms with Crippen LogP contribution >= 0.6 is 11.8 Å². The summed E-state index contributed by atoms with van der Waals surface area (Å²) in [5.74, 6) is 0.901. The van der Waals surface area contributed by atoms with E-state index < -0.39 is 0 Å². The highest BCUT2D eigenvalue weighted by Crippen LogP contribution is 2.26. The molecule has 1 atom stereocenters. The van der Waals surface area contributed by atoms with Crippen LogP contribution in [0.15, 0.2) is 53.4 Å². The van der Waals surface area contributed by atoms with E-state index in [-0.39, 0.29) is 11.5 Å². The quantitative estimate of drug-likeness (QED) is 0.796. The van der Waals surface area contributed by atoms with Crippen LogP contribution in [0.4, 0.5) is 0 Å². The summed E-state index contributed by atoms with van der Waals surface area (Å²) in [6, 6.07) is 17.4. The lowest BCUT2D eigenvalue weighted by atomic mass is 9.86. The van der Waals surface area contributed by atoms with Gasteiger partial charge in [-0.2, -0.15) is 0 Å². The van der Waals surface area contributed by atoms with Gasteiger partial charge in [-0.3, -0.25) is 0 Å². The third-order valence-corrected chi connectivity index (χ3v) is 4.74. The van der Waals surface area contributed by atoms with Gasteiger partial charge in [-0.05, 0) is 35.6 Å². The number of aryl methyl sites for hydroxylation is 1. The Labute approximate surface area is 133 Å². The smallest absolute Gasteiger partial charge is 0.0390 e. The highest BCUT2D eigenvalue weighted by Gasteiger charge is 2.14. The number of rotatable bonds is 4. The van der Waals surface area contributed by atoms with E-state index in [9.17, 15) is 0 Å². The molecule has 1 nitrogen and oxygen atoms in total. The molecule has 0 aliphatic carbocycles. The topological polar surface area (TPSA) is 26.0 Å². The third kappa shape index (κ3) is 4.62. The lowest BCUT2D eigenvalue weighted by molar-refractivity contribution is 0.589. The molecule has 0 radical (unpaired) electrons. The summed E-state index contributed by atoms with van der Waals surface area (Å²) in [6.45, 7) is 8.82. The van der Waals surface area contributed by atoms with Gasteiger partial charge in [0, 0.05) is 16.7 Å². The Kier molecular flexibility index (Phi) is 5.13. The Balaban J connectivity index is 1.99. The predicted octanol–water partition coefficient (Wildman–Crippen LogP) is 5.08. The van der Waals surface area contributed by atoms with Gasteiger partial charge >= 0.3 is 0 Å². The Bertz CT molecular complexity index is 581. The van der Waals surface area contributed by atoms with E-state index in [4.69, 9.17) is 5.73 Å².